The second kappa shape index (κ2) is 6.58. The molecule has 0 spiro atoms. The van der Waals surface area contributed by atoms with E-state index >= 15 is 0 Å². The second-order valence-corrected chi connectivity index (χ2v) is 5.44. The van der Waals surface area contributed by atoms with E-state index in [-0.39, 0.29) is 0 Å². The summed E-state index contributed by atoms with van der Waals surface area (Å²) in [5, 5.41) is 14.7. The van der Waals surface area contributed by atoms with Gasteiger partial charge in [-0.1, -0.05) is 43.5 Å². The van der Waals surface area contributed by atoms with Crippen molar-refractivity contribution >= 4 is 11.6 Å². The number of halogens is 1. The molecule has 1 atom stereocenters. The molecule has 0 saturated carbocycles. The molecule has 1 unspecified atom stereocenters. The summed E-state index contributed by atoms with van der Waals surface area (Å²) in [6.07, 6.45) is 6.53. The van der Waals surface area contributed by atoms with Crippen LogP contribution >= 0.6 is 11.6 Å². The van der Waals surface area contributed by atoms with E-state index in [4.69, 9.17) is 11.6 Å². The third-order valence-electron chi connectivity index (χ3n) is 3.56. The summed E-state index contributed by atoms with van der Waals surface area (Å²) >= 11 is 5.95. The molecule has 1 aromatic heterocycles. The zero-order chi connectivity index (χ0) is 14.4. The molecule has 0 aliphatic rings. The van der Waals surface area contributed by atoms with Gasteiger partial charge in [0, 0.05) is 17.4 Å². The van der Waals surface area contributed by atoms with Gasteiger partial charge in [0.25, 0.3) is 0 Å². The third kappa shape index (κ3) is 3.20. The molecule has 0 bridgehead atoms. The van der Waals surface area contributed by atoms with Gasteiger partial charge in [-0.05, 0) is 30.2 Å². The van der Waals surface area contributed by atoms with Crippen molar-refractivity contribution in [1.29, 1.82) is 5.26 Å². The van der Waals surface area contributed by atoms with Gasteiger partial charge in [0.05, 0.1) is 12.6 Å². The van der Waals surface area contributed by atoms with E-state index in [1.165, 1.54) is 0 Å². The van der Waals surface area contributed by atoms with E-state index in [2.05, 4.69) is 18.1 Å². The van der Waals surface area contributed by atoms with Crippen molar-refractivity contribution in [3.05, 3.63) is 53.3 Å². The van der Waals surface area contributed by atoms with Crippen molar-refractivity contribution < 1.29 is 0 Å². The fraction of sp³-hybridized carbons (Fsp3) is 0.375. The first kappa shape index (κ1) is 14.6. The van der Waals surface area contributed by atoms with Crippen LogP contribution < -0.4 is 0 Å². The first-order valence-corrected chi connectivity index (χ1v) is 7.23. The predicted octanol–water partition coefficient (Wildman–Crippen LogP) is 4.19. The molecule has 20 heavy (non-hydrogen) atoms. The Balaban J connectivity index is 2.36. The highest BCUT2D eigenvalue weighted by Crippen LogP contribution is 2.32. The molecule has 4 heteroatoms. The van der Waals surface area contributed by atoms with Crippen LogP contribution in [0.15, 0.2) is 42.7 Å². The molecule has 0 N–H and O–H groups in total. The maximum atomic E-state index is 9.80. The van der Waals surface area contributed by atoms with E-state index in [1.54, 1.807) is 6.20 Å². The average Bonchev–Trinajstić information content (AvgIpc) is 2.97. The van der Waals surface area contributed by atoms with Gasteiger partial charge in [-0.3, -0.25) is 4.68 Å². The Morgan fingerprint density at radius 1 is 1.35 bits per heavy atom. The van der Waals surface area contributed by atoms with Crippen LogP contribution in [-0.4, -0.2) is 9.78 Å². The number of nitrogens with zero attached hydrogens (tertiary/aromatic N) is 3. The number of rotatable bonds is 6. The number of unbranched alkanes of at least 4 members (excludes halogenated alkanes) is 1. The Kier molecular flexibility index (Phi) is 4.81. The van der Waals surface area contributed by atoms with Gasteiger partial charge >= 0.3 is 0 Å². The Hall–Kier alpha value is -1.79. The first-order chi connectivity index (χ1) is 9.70. The molecule has 0 fully saturated rings. The van der Waals surface area contributed by atoms with Crippen molar-refractivity contribution in [2.75, 3.05) is 0 Å². The smallest absolute Gasteiger partial charge is 0.102 e. The molecule has 104 valence electrons. The fourth-order valence-corrected chi connectivity index (χ4v) is 2.51. The van der Waals surface area contributed by atoms with Gasteiger partial charge < -0.3 is 0 Å². The molecule has 0 amide bonds. The molecule has 1 heterocycles. The van der Waals surface area contributed by atoms with E-state index < -0.39 is 5.41 Å². The SMILES string of the molecule is CCCCC(C#N)(Cn1cccn1)c1ccc(Cl)cc1. The van der Waals surface area contributed by atoms with Crippen LogP contribution in [0.2, 0.25) is 5.02 Å². The van der Waals surface area contributed by atoms with Crippen LogP contribution in [0.4, 0.5) is 0 Å². The number of nitriles is 1. The monoisotopic (exact) mass is 287 g/mol. The molecule has 3 nitrogen and oxygen atoms in total. The van der Waals surface area contributed by atoms with Crippen molar-refractivity contribution in [3.63, 3.8) is 0 Å². The summed E-state index contributed by atoms with van der Waals surface area (Å²) in [6, 6.07) is 12.0. The Morgan fingerprint density at radius 2 is 2.10 bits per heavy atom. The topological polar surface area (TPSA) is 41.6 Å². The zero-order valence-corrected chi connectivity index (χ0v) is 12.3. The Morgan fingerprint density at radius 3 is 2.65 bits per heavy atom. The lowest BCUT2D eigenvalue weighted by Gasteiger charge is -2.27. The van der Waals surface area contributed by atoms with Gasteiger partial charge in [0.15, 0.2) is 0 Å². The van der Waals surface area contributed by atoms with E-state index in [1.807, 2.05) is 41.2 Å². The average molecular weight is 288 g/mol. The lowest BCUT2D eigenvalue weighted by molar-refractivity contribution is 0.391. The molecule has 2 rings (SSSR count). The van der Waals surface area contributed by atoms with Crippen molar-refractivity contribution in [2.45, 2.75) is 38.1 Å². The Labute approximate surface area is 124 Å². The highest BCUT2D eigenvalue weighted by atomic mass is 35.5. The molecule has 1 aromatic carbocycles. The molecule has 0 radical (unpaired) electrons. The van der Waals surface area contributed by atoms with Crippen LogP contribution in [0.25, 0.3) is 0 Å². The van der Waals surface area contributed by atoms with E-state index in [0.717, 1.165) is 24.8 Å². The lowest BCUT2D eigenvalue weighted by Crippen LogP contribution is -2.30. The maximum absolute atomic E-state index is 9.80. The highest BCUT2D eigenvalue weighted by Gasteiger charge is 2.32. The molecular weight excluding hydrogens is 270 g/mol. The standard InChI is InChI=1S/C16H18ClN3/c1-2-3-9-16(12-18,13-20-11-4-10-19-20)14-5-7-15(17)8-6-14/h4-8,10-11H,2-3,9,13H2,1H3. The summed E-state index contributed by atoms with van der Waals surface area (Å²) in [6.45, 7) is 2.70. The minimum Gasteiger partial charge on any atom is -0.271 e. The largest absolute Gasteiger partial charge is 0.271 e. The van der Waals surface area contributed by atoms with Crippen LogP contribution in [0.5, 0.6) is 0 Å². The highest BCUT2D eigenvalue weighted by molar-refractivity contribution is 6.30. The second-order valence-electron chi connectivity index (χ2n) is 5.01. The van der Waals surface area contributed by atoms with Crippen LogP contribution in [0.1, 0.15) is 31.7 Å². The van der Waals surface area contributed by atoms with Gasteiger partial charge in [0.2, 0.25) is 0 Å². The molecule has 0 aliphatic carbocycles. The predicted molar refractivity (Wildman–Crippen MR) is 80.5 cm³/mol. The molecule has 0 saturated heterocycles. The first-order valence-electron chi connectivity index (χ1n) is 6.85. The summed E-state index contributed by atoms with van der Waals surface area (Å²) in [5.41, 5.74) is 0.459. The number of aromatic nitrogens is 2. The Bertz CT molecular complexity index is 569. The van der Waals surface area contributed by atoms with Crippen molar-refractivity contribution in [1.82, 2.24) is 9.78 Å². The maximum Gasteiger partial charge on any atom is 0.102 e. The van der Waals surface area contributed by atoms with E-state index in [0.29, 0.717) is 11.6 Å². The minimum atomic E-state index is -0.549. The molecule has 0 aliphatic heterocycles. The van der Waals surface area contributed by atoms with Crippen LogP contribution in [0, 0.1) is 11.3 Å². The number of hydrogen-bond acceptors (Lipinski definition) is 2. The summed E-state index contributed by atoms with van der Waals surface area (Å²) in [5.74, 6) is 0. The van der Waals surface area contributed by atoms with Crippen molar-refractivity contribution in [3.8, 4) is 6.07 Å². The zero-order valence-electron chi connectivity index (χ0n) is 11.6. The fourth-order valence-electron chi connectivity index (χ4n) is 2.39. The van der Waals surface area contributed by atoms with Gasteiger partial charge in [-0.2, -0.15) is 10.4 Å². The summed E-state index contributed by atoms with van der Waals surface area (Å²) in [4.78, 5) is 0. The summed E-state index contributed by atoms with van der Waals surface area (Å²) < 4.78 is 1.83. The van der Waals surface area contributed by atoms with Crippen molar-refractivity contribution in [2.24, 2.45) is 0 Å². The third-order valence-corrected chi connectivity index (χ3v) is 3.81. The minimum absolute atomic E-state index is 0.549. The van der Waals surface area contributed by atoms with Crippen LogP contribution in [0.3, 0.4) is 0 Å². The van der Waals surface area contributed by atoms with Crippen LogP contribution in [-0.2, 0) is 12.0 Å². The summed E-state index contributed by atoms with van der Waals surface area (Å²) in [7, 11) is 0. The molecule has 2 aromatic rings. The number of hydrogen-bond donors (Lipinski definition) is 0. The van der Waals surface area contributed by atoms with E-state index in [9.17, 15) is 5.26 Å². The number of benzene rings is 1. The normalized spacial score (nSPS) is 13.7. The van der Waals surface area contributed by atoms with Gasteiger partial charge in [-0.25, -0.2) is 0 Å². The van der Waals surface area contributed by atoms with Gasteiger partial charge in [0.1, 0.15) is 5.41 Å². The quantitative estimate of drug-likeness (QED) is 0.799. The molecular formula is C16H18ClN3. The van der Waals surface area contributed by atoms with Gasteiger partial charge in [-0.15, -0.1) is 0 Å². The lowest BCUT2D eigenvalue weighted by atomic mass is 9.77.